The highest BCUT2D eigenvalue weighted by atomic mass is 79.9. The highest BCUT2D eigenvalue weighted by molar-refractivity contribution is 9.10. The number of aromatic carboxylic acids is 1. The minimum Gasteiger partial charge on any atom is -0.478 e. The molecule has 2 aromatic rings. The number of hydrogen-bond donors (Lipinski definition) is 1. The third-order valence-corrected chi connectivity index (χ3v) is 3.15. The lowest BCUT2D eigenvalue weighted by atomic mass is 10.3. The molecule has 0 aliphatic carbocycles. The third kappa shape index (κ3) is 2.97. The van der Waals surface area contributed by atoms with Gasteiger partial charge in [-0.1, -0.05) is 0 Å². The second kappa shape index (κ2) is 5.18. The molecular formula is C11H12BrN3O2. The highest BCUT2D eigenvalue weighted by Crippen LogP contribution is 2.16. The minimum atomic E-state index is -0.904. The number of nitrogens with zero attached hydrogens (tertiary/aromatic N) is 3. The number of carbonyl (C=O) groups is 1. The summed E-state index contributed by atoms with van der Waals surface area (Å²) in [5.41, 5.74) is 0.305. The molecule has 0 spiro atoms. The maximum Gasteiger partial charge on any atom is 0.337 e. The molecule has 0 fully saturated rings. The van der Waals surface area contributed by atoms with E-state index in [0.29, 0.717) is 5.56 Å². The highest BCUT2D eigenvalue weighted by Gasteiger charge is 2.08. The van der Waals surface area contributed by atoms with Crippen LogP contribution in [-0.4, -0.2) is 25.2 Å². The SMILES string of the molecule is O=C(O)c1cc(Br)n(CCCn2ccnc2)c1. The van der Waals surface area contributed by atoms with Gasteiger partial charge in [-0.05, 0) is 28.4 Å². The molecule has 0 atom stereocenters. The minimum absolute atomic E-state index is 0.305. The Balaban J connectivity index is 1.92. The average Bonchev–Trinajstić information content (AvgIpc) is 2.89. The van der Waals surface area contributed by atoms with E-state index >= 15 is 0 Å². The van der Waals surface area contributed by atoms with Gasteiger partial charge in [0.1, 0.15) is 0 Å². The summed E-state index contributed by atoms with van der Waals surface area (Å²) in [7, 11) is 0. The Morgan fingerprint density at radius 3 is 2.88 bits per heavy atom. The zero-order valence-electron chi connectivity index (χ0n) is 9.08. The number of aryl methyl sites for hydroxylation is 2. The number of imidazole rings is 1. The zero-order valence-corrected chi connectivity index (χ0v) is 10.7. The Kier molecular flexibility index (Phi) is 3.63. The summed E-state index contributed by atoms with van der Waals surface area (Å²) >= 11 is 3.34. The van der Waals surface area contributed by atoms with Crippen molar-refractivity contribution < 1.29 is 9.90 Å². The Morgan fingerprint density at radius 1 is 1.47 bits per heavy atom. The summed E-state index contributed by atoms with van der Waals surface area (Å²) < 4.78 is 4.68. The molecule has 2 heterocycles. The first-order valence-electron chi connectivity index (χ1n) is 5.21. The summed E-state index contributed by atoms with van der Waals surface area (Å²) in [6.07, 6.45) is 7.98. The van der Waals surface area contributed by atoms with E-state index < -0.39 is 5.97 Å². The summed E-state index contributed by atoms with van der Waals surface area (Å²) in [6, 6.07) is 1.61. The van der Waals surface area contributed by atoms with Crippen LogP contribution in [0.5, 0.6) is 0 Å². The largest absolute Gasteiger partial charge is 0.478 e. The van der Waals surface area contributed by atoms with Crippen molar-refractivity contribution in [1.82, 2.24) is 14.1 Å². The number of carboxylic acid groups (broad SMARTS) is 1. The van der Waals surface area contributed by atoms with Crippen LogP contribution in [0.2, 0.25) is 0 Å². The van der Waals surface area contributed by atoms with Gasteiger partial charge in [-0.2, -0.15) is 0 Å². The lowest BCUT2D eigenvalue weighted by molar-refractivity contribution is 0.0697. The molecule has 1 N–H and O–H groups in total. The van der Waals surface area contributed by atoms with E-state index in [1.807, 2.05) is 15.3 Å². The summed E-state index contributed by atoms with van der Waals surface area (Å²) in [5.74, 6) is -0.904. The molecule has 0 aliphatic heterocycles. The maximum atomic E-state index is 10.8. The lowest BCUT2D eigenvalue weighted by Crippen LogP contribution is -2.02. The van der Waals surface area contributed by atoms with Crippen molar-refractivity contribution in [1.29, 1.82) is 0 Å². The van der Waals surface area contributed by atoms with Crippen molar-refractivity contribution in [2.75, 3.05) is 0 Å². The molecule has 0 saturated heterocycles. The van der Waals surface area contributed by atoms with Gasteiger partial charge in [0.2, 0.25) is 0 Å². The fourth-order valence-electron chi connectivity index (χ4n) is 1.61. The van der Waals surface area contributed by atoms with Crippen LogP contribution in [0.3, 0.4) is 0 Å². The molecule has 0 aliphatic rings. The van der Waals surface area contributed by atoms with Gasteiger partial charge in [-0.3, -0.25) is 0 Å². The van der Waals surface area contributed by atoms with E-state index in [-0.39, 0.29) is 0 Å². The van der Waals surface area contributed by atoms with E-state index in [1.54, 1.807) is 24.8 Å². The predicted octanol–water partition coefficient (Wildman–Crippen LogP) is 2.24. The van der Waals surface area contributed by atoms with E-state index in [4.69, 9.17) is 5.11 Å². The van der Waals surface area contributed by atoms with Crippen LogP contribution >= 0.6 is 15.9 Å². The molecule has 90 valence electrons. The molecule has 0 radical (unpaired) electrons. The lowest BCUT2D eigenvalue weighted by Gasteiger charge is -2.05. The van der Waals surface area contributed by atoms with Crippen molar-refractivity contribution in [3.05, 3.63) is 41.2 Å². The maximum absolute atomic E-state index is 10.8. The van der Waals surface area contributed by atoms with Gasteiger partial charge in [-0.25, -0.2) is 9.78 Å². The first-order chi connectivity index (χ1) is 8.16. The summed E-state index contributed by atoms with van der Waals surface area (Å²) in [6.45, 7) is 1.64. The third-order valence-electron chi connectivity index (χ3n) is 2.47. The molecule has 2 rings (SSSR count). The van der Waals surface area contributed by atoms with Crippen molar-refractivity contribution >= 4 is 21.9 Å². The van der Waals surface area contributed by atoms with Crippen molar-refractivity contribution in [3.63, 3.8) is 0 Å². The van der Waals surface area contributed by atoms with E-state index in [1.165, 1.54) is 0 Å². The Bertz CT molecular complexity index is 505. The molecule has 5 nitrogen and oxygen atoms in total. The van der Waals surface area contributed by atoms with Crippen molar-refractivity contribution in [3.8, 4) is 0 Å². The number of hydrogen-bond acceptors (Lipinski definition) is 2. The quantitative estimate of drug-likeness (QED) is 0.921. The predicted molar refractivity (Wildman–Crippen MR) is 65.9 cm³/mol. The molecular weight excluding hydrogens is 286 g/mol. The zero-order chi connectivity index (χ0) is 12.3. The van der Waals surface area contributed by atoms with Gasteiger partial charge in [0.15, 0.2) is 0 Å². The smallest absolute Gasteiger partial charge is 0.337 e. The number of halogens is 1. The molecule has 6 heteroatoms. The molecule has 0 saturated carbocycles. The second-order valence-electron chi connectivity index (χ2n) is 3.70. The van der Waals surface area contributed by atoms with Gasteiger partial charge < -0.3 is 14.2 Å². The molecule has 17 heavy (non-hydrogen) atoms. The number of rotatable bonds is 5. The fourth-order valence-corrected chi connectivity index (χ4v) is 2.14. The molecule has 2 aromatic heterocycles. The number of aromatic nitrogens is 3. The van der Waals surface area contributed by atoms with Gasteiger partial charge in [0, 0.05) is 31.7 Å². The van der Waals surface area contributed by atoms with E-state index in [0.717, 1.165) is 24.1 Å². The van der Waals surface area contributed by atoms with Gasteiger partial charge in [0.05, 0.1) is 16.5 Å². The topological polar surface area (TPSA) is 60.0 Å². The van der Waals surface area contributed by atoms with E-state index in [2.05, 4.69) is 20.9 Å². The first-order valence-corrected chi connectivity index (χ1v) is 6.01. The first kappa shape index (κ1) is 11.9. The van der Waals surface area contributed by atoms with Crippen LogP contribution in [0.15, 0.2) is 35.6 Å². The molecule has 0 unspecified atom stereocenters. The second-order valence-corrected chi connectivity index (χ2v) is 4.52. The Hall–Kier alpha value is -1.56. The van der Waals surface area contributed by atoms with Crippen LogP contribution in [0.1, 0.15) is 16.8 Å². The normalized spacial score (nSPS) is 10.6. The monoisotopic (exact) mass is 297 g/mol. The van der Waals surface area contributed by atoms with Crippen LogP contribution in [0.25, 0.3) is 0 Å². The summed E-state index contributed by atoms with van der Waals surface area (Å²) in [4.78, 5) is 14.7. The standard InChI is InChI=1S/C11H12BrN3O2/c12-10-6-9(11(16)17)7-15(10)4-1-3-14-5-2-13-8-14/h2,5-8H,1,3-4H2,(H,16,17). The van der Waals surface area contributed by atoms with Crippen LogP contribution in [0, 0.1) is 0 Å². The Morgan fingerprint density at radius 2 is 2.29 bits per heavy atom. The molecule has 0 aromatic carbocycles. The van der Waals surface area contributed by atoms with Crippen LogP contribution in [0.4, 0.5) is 0 Å². The molecule has 0 bridgehead atoms. The molecule has 0 amide bonds. The van der Waals surface area contributed by atoms with Gasteiger partial charge >= 0.3 is 5.97 Å². The number of carboxylic acids is 1. The summed E-state index contributed by atoms with van der Waals surface area (Å²) in [5, 5.41) is 8.85. The van der Waals surface area contributed by atoms with Crippen LogP contribution in [-0.2, 0) is 13.1 Å². The van der Waals surface area contributed by atoms with Crippen molar-refractivity contribution in [2.24, 2.45) is 0 Å². The van der Waals surface area contributed by atoms with E-state index in [9.17, 15) is 4.79 Å². The average molecular weight is 298 g/mol. The van der Waals surface area contributed by atoms with Crippen LogP contribution < -0.4 is 0 Å². The van der Waals surface area contributed by atoms with Crippen molar-refractivity contribution in [2.45, 2.75) is 19.5 Å². The van der Waals surface area contributed by atoms with Gasteiger partial charge in [0.25, 0.3) is 0 Å². The van der Waals surface area contributed by atoms with Gasteiger partial charge in [-0.15, -0.1) is 0 Å². The Labute approximate surface area is 107 Å². The fraction of sp³-hybridized carbons (Fsp3) is 0.273.